The van der Waals surface area contributed by atoms with Crippen LogP contribution in [-0.4, -0.2) is 29.7 Å². The number of benzene rings is 3. The SMILES string of the molecule is Fc1cc[c-]cc1.O=C1C(Cc2ccccc2)=NC2=[C-]CN(c3ccccc3)CN12.[Cd+2]. The molecule has 0 saturated carbocycles. The Labute approximate surface area is 201 Å². The zero-order valence-corrected chi connectivity index (χ0v) is 21.1. The number of fused-ring (bicyclic) bond motifs is 1. The van der Waals surface area contributed by atoms with Crippen LogP contribution >= 0.6 is 0 Å². The second-order valence-electron chi connectivity index (χ2n) is 6.85. The summed E-state index contributed by atoms with van der Waals surface area (Å²) in [7, 11) is 0. The van der Waals surface area contributed by atoms with E-state index in [-0.39, 0.29) is 39.0 Å². The van der Waals surface area contributed by atoms with E-state index in [0.717, 1.165) is 11.3 Å². The van der Waals surface area contributed by atoms with E-state index < -0.39 is 0 Å². The fourth-order valence-electron chi connectivity index (χ4n) is 3.22. The third kappa shape index (κ3) is 5.88. The largest absolute Gasteiger partial charge is 2.00 e. The van der Waals surface area contributed by atoms with E-state index in [1.54, 1.807) is 4.90 Å². The topological polar surface area (TPSA) is 35.9 Å². The predicted molar refractivity (Wildman–Crippen MR) is 115 cm³/mol. The fourth-order valence-corrected chi connectivity index (χ4v) is 3.22. The summed E-state index contributed by atoms with van der Waals surface area (Å²) >= 11 is 0. The number of halogens is 1. The van der Waals surface area contributed by atoms with E-state index in [9.17, 15) is 9.18 Å². The van der Waals surface area contributed by atoms with Gasteiger partial charge in [-0.1, -0.05) is 48.5 Å². The molecule has 0 radical (unpaired) electrons. The summed E-state index contributed by atoms with van der Waals surface area (Å²) in [5.74, 6) is 0.434. The van der Waals surface area contributed by atoms with Gasteiger partial charge >= 0.3 is 27.3 Å². The van der Waals surface area contributed by atoms with Crippen LogP contribution in [0, 0.1) is 18.0 Å². The van der Waals surface area contributed by atoms with Crippen LogP contribution in [0.15, 0.2) is 95.7 Å². The van der Waals surface area contributed by atoms with Gasteiger partial charge in [0.25, 0.3) is 5.91 Å². The molecule has 4 nitrogen and oxygen atoms in total. The molecule has 150 valence electrons. The summed E-state index contributed by atoms with van der Waals surface area (Å²) in [5, 5.41) is 0. The Bertz CT molecular complexity index is 1060. The average Bonchev–Trinajstić information content (AvgIpc) is 3.11. The fraction of sp³-hybridized carbons (Fsp3) is 0.120. The van der Waals surface area contributed by atoms with Gasteiger partial charge in [0.1, 0.15) is 5.71 Å². The number of amides is 1. The number of carbonyl (C=O) groups is 1. The first-order valence-corrected chi connectivity index (χ1v) is 9.66. The number of carbonyl (C=O) groups excluding carboxylic acids is 1. The normalized spacial score (nSPS) is 14.5. The molecule has 3 aromatic rings. The molecule has 2 aliphatic heterocycles. The zero-order valence-electron chi connectivity index (χ0n) is 17.0. The maximum Gasteiger partial charge on any atom is 2.00 e. The minimum Gasteiger partial charge on any atom is -0.431 e. The van der Waals surface area contributed by atoms with Crippen LogP contribution in [0.4, 0.5) is 10.1 Å². The smallest absolute Gasteiger partial charge is 0.431 e. The van der Waals surface area contributed by atoms with Crippen molar-refractivity contribution in [1.29, 1.82) is 0 Å². The van der Waals surface area contributed by atoms with Gasteiger partial charge in [0.2, 0.25) is 0 Å². The van der Waals surface area contributed by atoms with E-state index >= 15 is 0 Å². The maximum atomic E-state index is 12.6. The van der Waals surface area contributed by atoms with Gasteiger partial charge < -0.3 is 15.9 Å². The third-order valence-corrected chi connectivity index (χ3v) is 4.74. The summed E-state index contributed by atoms with van der Waals surface area (Å²) in [6.45, 7) is 1.16. The Hall–Kier alpha value is -2.81. The molecule has 0 spiro atoms. The summed E-state index contributed by atoms with van der Waals surface area (Å²) < 4.78 is 11.9. The first-order valence-electron chi connectivity index (χ1n) is 9.66. The van der Waals surface area contributed by atoms with E-state index in [1.165, 1.54) is 24.3 Å². The number of para-hydroxylation sites is 1. The number of hydrogen-bond acceptors (Lipinski definition) is 3. The quantitative estimate of drug-likeness (QED) is 0.391. The van der Waals surface area contributed by atoms with E-state index in [1.807, 2.05) is 60.7 Å². The van der Waals surface area contributed by atoms with Crippen LogP contribution in [0.25, 0.3) is 0 Å². The van der Waals surface area contributed by atoms with Gasteiger partial charge in [-0.2, -0.15) is 18.2 Å². The molecule has 0 N–H and O–H groups in total. The van der Waals surface area contributed by atoms with Crippen molar-refractivity contribution in [2.24, 2.45) is 4.99 Å². The molecule has 1 amide bonds. The van der Waals surface area contributed by atoms with Gasteiger partial charge in [-0.15, -0.1) is 18.7 Å². The first-order chi connectivity index (χ1) is 14.7. The second-order valence-corrected chi connectivity index (χ2v) is 6.85. The molecular weight excluding hydrogens is 490 g/mol. The molecule has 0 aliphatic carbocycles. The second kappa shape index (κ2) is 11.0. The van der Waals surface area contributed by atoms with Crippen molar-refractivity contribution >= 4 is 17.3 Å². The molecule has 0 atom stereocenters. The van der Waals surface area contributed by atoms with Gasteiger partial charge in [-0.25, -0.2) is 4.39 Å². The van der Waals surface area contributed by atoms with E-state index in [2.05, 4.69) is 22.0 Å². The molecule has 5 rings (SSSR count). The van der Waals surface area contributed by atoms with Gasteiger partial charge in [0.05, 0.1) is 6.67 Å². The summed E-state index contributed by atoms with van der Waals surface area (Å²) in [4.78, 5) is 20.9. The molecule has 6 heteroatoms. The third-order valence-electron chi connectivity index (χ3n) is 4.74. The predicted octanol–water partition coefficient (Wildman–Crippen LogP) is 4.26. The Kier molecular flexibility index (Phi) is 8.11. The molecule has 2 heterocycles. The van der Waals surface area contributed by atoms with Crippen molar-refractivity contribution in [1.82, 2.24) is 4.90 Å². The Morgan fingerprint density at radius 3 is 2.19 bits per heavy atom. The summed E-state index contributed by atoms with van der Waals surface area (Å²) in [6.07, 6.45) is 3.80. The number of rotatable bonds is 3. The molecule has 2 aliphatic rings. The molecular formula is C25H20CdFN3O. The van der Waals surface area contributed by atoms with Gasteiger partial charge in [0, 0.05) is 17.9 Å². The molecule has 0 unspecified atom stereocenters. The number of hydrogen-bond donors (Lipinski definition) is 0. The van der Waals surface area contributed by atoms with Crippen molar-refractivity contribution in [2.45, 2.75) is 6.42 Å². The van der Waals surface area contributed by atoms with Gasteiger partial charge in [0.15, 0.2) is 0 Å². The first kappa shape index (κ1) is 22.9. The van der Waals surface area contributed by atoms with Crippen molar-refractivity contribution < 1.29 is 36.5 Å². The number of aliphatic imine (C=N–C) groups is 1. The number of nitrogens with zero attached hydrogens (tertiary/aromatic N) is 3. The minimum atomic E-state index is -0.209. The Morgan fingerprint density at radius 1 is 0.935 bits per heavy atom. The molecule has 0 saturated heterocycles. The van der Waals surface area contributed by atoms with Gasteiger partial charge in [-0.05, 0) is 23.5 Å². The van der Waals surface area contributed by atoms with Crippen molar-refractivity contribution in [3.05, 3.63) is 114 Å². The van der Waals surface area contributed by atoms with E-state index in [0.29, 0.717) is 31.2 Å². The van der Waals surface area contributed by atoms with Crippen LogP contribution in [-0.2, 0) is 38.5 Å². The average molecular weight is 510 g/mol. The van der Waals surface area contributed by atoms with Crippen LogP contribution in [0.2, 0.25) is 0 Å². The van der Waals surface area contributed by atoms with Crippen LogP contribution in [0.5, 0.6) is 0 Å². The maximum absolute atomic E-state index is 12.6. The molecule has 0 fully saturated rings. The van der Waals surface area contributed by atoms with Crippen LogP contribution in [0.3, 0.4) is 0 Å². The van der Waals surface area contributed by atoms with Crippen molar-refractivity contribution in [3.8, 4) is 0 Å². The molecule has 0 bridgehead atoms. The molecule has 31 heavy (non-hydrogen) atoms. The van der Waals surface area contributed by atoms with E-state index in [4.69, 9.17) is 0 Å². The van der Waals surface area contributed by atoms with Crippen molar-refractivity contribution in [2.75, 3.05) is 18.1 Å². The van der Waals surface area contributed by atoms with Crippen LogP contribution < -0.4 is 4.90 Å². The molecule has 3 aromatic carbocycles. The summed E-state index contributed by atoms with van der Waals surface area (Å²) in [5.41, 5.74) is 2.77. The Morgan fingerprint density at radius 2 is 1.58 bits per heavy atom. The minimum absolute atomic E-state index is 0. The monoisotopic (exact) mass is 511 g/mol. The number of anilines is 1. The Balaban J connectivity index is 0.000000292. The van der Waals surface area contributed by atoms with Crippen molar-refractivity contribution in [3.63, 3.8) is 0 Å². The standard InChI is InChI=1S/C19H16N3O.C6H4F.Cd/c23-19-17(13-15-7-3-1-4-8-15)20-18-11-12-21(14-22(18)19)16-9-5-2-6-10-16;7-6-4-2-1-3-5-6;/h1-10H,12-14H2;2-5H;/q2*-1;+2. The zero-order chi connectivity index (χ0) is 20.8. The molecule has 0 aromatic heterocycles. The van der Waals surface area contributed by atoms with Crippen LogP contribution in [0.1, 0.15) is 5.56 Å². The van der Waals surface area contributed by atoms with Gasteiger partial charge in [-0.3, -0.25) is 9.79 Å². The summed E-state index contributed by atoms with van der Waals surface area (Å²) in [6, 6.07) is 28.5.